The Morgan fingerprint density at radius 2 is 1.23 bits per heavy atom. The maximum atomic E-state index is 2.84. The lowest BCUT2D eigenvalue weighted by Gasteiger charge is -2.52. The molecule has 3 heterocycles. The van der Waals surface area contributed by atoms with Gasteiger partial charge >= 0.3 is 0 Å². The van der Waals surface area contributed by atoms with Gasteiger partial charge in [-0.15, -0.1) is 0 Å². The summed E-state index contributed by atoms with van der Waals surface area (Å²) in [6.45, 7) is 26.6. The molecule has 4 aliphatic rings. The van der Waals surface area contributed by atoms with Gasteiger partial charge in [0.05, 0.1) is 5.54 Å². The molecular formula is C44H53BN2. The first-order valence-electron chi connectivity index (χ1n) is 18.1. The van der Waals surface area contributed by atoms with Gasteiger partial charge in [-0.05, 0) is 105 Å². The van der Waals surface area contributed by atoms with Gasteiger partial charge < -0.3 is 9.80 Å². The molecule has 0 radical (unpaired) electrons. The molecule has 1 fully saturated rings. The van der Waals surface area contributed by atoms with Crippen molar-refractivity contribution >= 4 is 51.5 Å². The van der Waals surface area contributed by atoms with Crippen LogP contribution in [0.1, 0.15) is 124 Å². The third-order valence-corrected chi connectivity index (χ3v) is 12.7. The van der Waals surface area contributed by atoms with Gasteiger partial charge in [0, 0.05) is 33.9 Å². The highest BCUT2D eigenvalue weighted by Gasteiger charge is 2.61. The lowest BCUT2D eigenvalue weighted by atomic mass is 9.33. The summed E-state index contributed by atoms with van der Waals surface area (Å²) in [7, 11) is 0. The van der Waals surface area contributed by atoms with E-state index in [9.17, 15) is 0 Å². The Kier molecular flexibility index (Phi) is 6.29. The molecule has 3 aliphatic heterocycles. The predicted molar refractivity (Wildman–Crippen MR) is 205 cm³/mol. The lowest BCUT2D eigenvalue weighted by Crippen LogP contribution is -2.64. The van der Waals surface area contributed by atoms with Crippen LogP contribution in [0.2, 0.25) is 0 Å². The molecule has 3 heteroatoms. The minimum absolute atomic E-state index is 0.0340. The van der Waals surface area contributed by atoms with Crippen molar-refractivity contribution in [2.75, 3.05) is 9.80 Å². The largest absolute Gasteiger partial charge is 0.335 e. The SMILES string of the molecule is CC(C)(C)c1cccc(N2c3cc(C(C)(C)C)ccc3B3c4cc(C(C)(C)C)cc5c4N(c4cccc2c43)C2(C)CCCCC52C)c1. The van der Waals surface area contributed by atoms with Gasteiger partial charge in [0.1, 0.15) is 0 Å². The van der Waals surface area contributed by atoms with Crippen molar-refractivity contribution in [2.24, 2.45) is 0 Å². The zero-order valence-electron chi connectivity index (χ0n) is 30.7. The van der Waals surface area contributed by atoms with Gasteiger partial charge in [-0.25, -0.2) is 0 Å². The zero-order chi connectivity index (χ0) is 33.5. The van der Waals surface area contributed by atoms with Crippen LogP contribution < -0.4 is 26.2 Å². The number of hydrogen-bond acceptors (Lipinski definition) is 2. The molecule has 2 nitrogen and oxygen atoms in total. The Labute approximate surface area is 284 Å². The molecule has 1 aliphatic carbocycles. The molecule has 0 bridgehead atoms. The number of fused-ring (bicyclic) bond motifs is 7. The van der Waals surface area contributed by atoms with E-state index in [2.05, 4.69) is 159 Å². The van der Waals surface area contributed by atoms with Crippen LogP contribution in [0.5, 0.6) is 0 Å². The molecule has 0 N–H and O–H groups in total. The lowest BCUT2D eigenvalue weighted by molar-refractivity contribution is 0.195. The normalized spacial score (nSPS) is 22.9. The van der Waals surface area contributed by atoms with Crippen LogP contribution in [0.4, 0.5) is 28.4 Å². The summed E-state index contributed by atoms with van der Waals surface area (Å²) in [5, 5.41) is 0. The fourth-order valence-corrected chi connectivity index (χ4v) is 9.56. The number of benzene rings is 4. The second-order valence-corrected chi connectivity index (χ2v) is 18.7. The van der Waals surface area contributed by atoms with Crippen molar-refractivity contribution in [2.45, 2.75) is 129 Å². The van der Waals surface area contributed by atoms with E-state index in [1.807, 2.05) is 0 Å². The van der Waals surface area contributed by atoms with Crippen molar-refractivity contribution in [3.05, 3.63) is 95.1 Å². The Hall–Kier alpha value is -3.46. The molecule has 242 valence electrons. The summed E-state index contributed by atoms with van der Waals surface area (Å²) in [5.74, 6) is 0. The van der Waals surface area contributed by atoms with E-state index in [-0.39, 0.29) is 33.9 Å². The van der Waals surface area contributed by atoms with Crippen molar-refractivity contribution < 1.29 is 0 Å². The first-order chi connectivity index (χ1) is 21.9. The van der Waals surface area contributed by atoms with Gasteiger partial charge in [0.2, 0.25) is 0 Å². The van der Waals surface area contributed by atoms with E-state index in [1.165, 1.54) is 87.2 Å². The van der Waals surface area contributed by atoms with Crippen LogP contribution in [0, 0.1) is 0 Å². The molecule has 0 amide bonds. The molecule has 0 aromatic heterocycles. The van der Waals surface area contributed by atoms with Crippen LogP contribution >= 0.6 is 0 Å². The fourth-order valence-electron chi connectivity index (χ4n) is 9.56. The molecule has 47 heavy (non-hydrogen) atoms. The number of nitrogens with zero attached hydrogens (tertiary/aromatic N) is 2. The van der Waals surface area contributed by atoms with Crippen LogP contribution in [-0.4, -0.2) is 12.3 Å². The standard InChI is InChI=1S/C44H53BN2/c1-40(2,3)28-16-14-17-31(24-28)46-35-18-15-19-36-38(35)45(33-21-20-29(27-37(33)46)41(4,5)6)34-26-30(42(7,8)9)25-32-39(34)47(36)44(11)23-13-12-22-43(32,44)10/h14-21,24-27H,12-13,22-23H2,1-11H3. The molecular weight excluding hydrogens is 567 g/mol. The van der Waals surface area contributed by atoms with E-state index >= 15 is 0 Å². The second-order valence-electron chi connectivity index (χ2n) is 18.7. The smallest absolute Gasteiger partial charge is 0.252 e. The van der Waals surface area contributed by atoms with Crippen molar-refractivity contribution in [1.82, 2.24) is 0 Å². The van der Waals surface area contributed by atoms with Gasteiger partial charge in [-0.2, -0.15) is 0 Å². The van der Waals surface area contributed by atoms with Crippen LogP contribution in [0.15, 0.2) is 72.8 Å². The average Bonchev–Trinajstić information content (AvgIpc) is 3.21. The summed E-state index contributed by atoms with van der Waals surface area (Å²) in [6.07, 6.45) is 5.07. The quantitative estimate of drug-likeness (QED) is 0.172. The zero-order valence-corrected chi connectivity index (χ0v) is 30.7. The molecule has 2 unspecified atom stereocenters. The molecule has 1 saturated carbocycles. The predicted octanol–water partition coefficient (Wildman–Crippen LogP) is 9.93. The Bertz CT molecular complexity index is 1950. The number of hydrogen-bond donors (Lipinski definition) is 0. The minimum Gasteiger partial charge on any atom is -0.335 e. The van der Waals surface area contributed by atoms with Gasteiger partial charge in [0.25, 0.3) is 6.71 Å². The van der Waals surface area contributed by atoms with E-state index < -0.39 is 0 Å². The van der Waals surface area contributed by atoms with Gasteiger partial charge in [0.15, 0.2) is 0 Å². The highest BCUT2D eigenvalue weighted by atomic mass is 15.3. The molecule has 2 atom stereocenters. The van der Waals surface area contributed by atoms with Gasteiger partial charge in [-0.1, -0.05) is 125 Å². The van der Waals surface area contributed by atoms with E-state index in [1.54, 1.807) is 5.56 Å². The molecule has 0 saturated heterocycles. The Balaban J connectivity index is 1.49. The third-order valence-electron chi connectivity index (χ3n) is 12.7. The molecule has 4 aromatic rings. The first-order valence-corrected chi connectivity index (χ1v) is 18.1. The van der Waals surface area contributed by atoms with E-state index in [0.29, 0.717) is 0 Å². The minimum atomic E-state index is 0.0340. The monoisotopic (exact) mass is 620 g/mol. The maximum absolute atomic E-state index is 2.84. The summed E-state index contributed by atoms with van der Waals surface area (Å²) < 4.78 is 0. The average molecular weight is 621 g/mol. The van der Waals surface area contributed by atoms with Gasteiger partial charge in [-0.3, -0.25) is 0 Å². The molecule has 4 aromatic carbocycles. The summed E-state index contributed by atoms with van der Waals surface area (Å²) in [5.41, 5.74) is 17.4. The van der Waals surface area contributed by atoms with E-state index in [0.717, 1.165) is 0 Å². The summed E-state index contributed by atoms with van der Waals surface area (Å²) in [6, 6.07) is 29.1. The number of anilines is 5. The van der Waals surface area contributed by atoms with Crippen molar-refractivity contribution in [3.63, 3.8) is 0 Å². The van der Waals surface area contributed by atoms with Crippen LogP contribution in [-0.2, 0) is 21.7 Å². The third kappa shape index (κ3) is 4.17. The molecule has 0 spiro atoms. The van der Waals surface area contributed by atoms with E-state index in [4.69, 9.17) is 0 Å². The fraction of sp³-hybridized carbons (Fsp3) is 0.455. The van der Waals surface area contributed by atoms with Crippen molar-refractivity contribution in [3.8, 4) is 0 Å². The first kappa shape index (κ1) is 30.9. The maximum Gasteiger partial charge on any atom is 0.252 e. The van der Waals surface area contributed by atoms with Crippen LogP contribution in [0.3, 0.4) is 0 Å². The van der Waals surface area contributed by atoms with Crippen LogP contribution in [0.25, 0.3) is 0 Å². The second kappa shape index (κ2) is 9.58. The Morgan fingerprint density at radius 3 is 1.94 bits per heavy atom. The summed E-state index contributed by atoms with van der Waals surface area (Å²) in [4.78, 5) is 5.45. The highest BCUT2D eigenvalue weighted by Crippen LogP contribution is 2.62. The molecule has 8 rings (SSSR count). The highest BCUT2D eigenvalue weighted by molar-refractivity contribution is 7.00. The topological polar surface area (TPSA) is 6.48 Å². The summed E-state index contributed by atoms with van der Waals surface area (Å²) >= 11 is 0. The number of rotatable bonds is 1. The van der Waals surface area contributed by atoms with Crippen molar-refractivity contribution in [1.29, 1.82) is 0 Å². The Morgan fingerprint density at radius 1 is 0.596 bits per heavy atom.